The van der Waals surface area contributed by atoms with Gasteiger partial charge in [0.25, 0.3) is 0 Å². The van der Waals surface area contributed by atoms with Crippen LogP contribution in [0, 0.1) is 17.2 Å². The van der Waals surface area contributed by atoms with E-state index in [1.165, 1.54) is 7.11 Å². The molecule has 1 aromatic heterocycles. The summed E-state index contributed by atoms with van der Waals surface area (Å²) in [4.78, 5) is 29.5. The van der Waals surface area contributed by atoms with Crippen molar-refractivity contribution in [3.8, 4) is 34.3 Å². The zero-order chi connectivity index (χ0) is 34.8. The molecule has 0 unspecified atom stereocenters. The molecule has 3 N–H and O–H groups in total. The fraction of sp³-hybridized carbons (Fsp3) is 0.389. The van der Waals surface area contributed by atoms with Crippen molar-refractivity contribution in [2.45, 2.75) is 57.2 Å². The van der Waals surface area contributed by atoms with Crippen molar-refractivity contribution in [3.63, 3.8) is 0 Å². The number of carbonyl (C=O) groups is 1. The quantitative estimate of drug-likeness (QED) is 0.131. The minimum Gasteiger partial charge on any atom is -0.480 e. The number of ether oxygens (including phenoxy) is 2. The van der Waals surface area contributed by atoms with Gasteiger partial charge >= 0.3 is 0 Å². The number of nitrogens with one attached hydrogen (secondary N) is 3. The number of aromatic nitrogens is 2. The molecule has 2 aliphatic rings. The molecule has 256 valence electrons. The smallest absolute Gasteiger partial charge is 0.237 e. The van der Waals surface area contributed by atoms with Crippen LogP contribution in [0.4, 0.5) is 0 Å². The first-order valence-corrected chi connectivity index (χ1v) is 17.0. The average molecular weight is 704 g/mol. The molecule has 11 nitrogen and oxygen atoms in total. The van der Waals surface area contributed by atoms with Crippen molar-refractivity contribution in [3.05, 3.63) is 75.5 Å². The van der Waals surface area contributed by atoms with Gasteiger partial charge in [-0.3, -0.25) is 14.8 Å². The summed E-state index contributed by atoms with van der Waals surface area (Å²) < 4.78 is 11.0. The lowest BCUT2D eigenvalue weighted by atomic mass is 9.99. The molecule has 13 heteroatoms. The summed E-state index contributed by atoms with van der Waals surface area (Å²) in [5, 5.41) is 20.0. The summed E-state index contributed by atoms with van der Waals surface area (Å²) in [7, 11) is 3.09. The lowest BCUT2D eigenvalue weighted by Gasteiger charge is -2.15. The lowest BCUT2D eigenvalue weighted by molar-refractivity contribution is -0.119. The number of nitriles is 1. The molecular weight excluding hydrogens is 663 g/mol. The van der Waals surface area contributed by atoms with Crippen molar-refractivity contribution in [1.29, 1.82) is 5.26 Å². The molecule has 0 spiro atoms. The second-order valence-electron chi connectivity index (χ2n) is 11.9. The molecule has 49 heavy (non-hydrogen) atoms. The number of hydrogen-bond acceptors (Lipinski definition) is 10. The maximum absolute atomic E-state index is 11.5. The average Bonchev–Trinajstić information content (AvgIpc) is 3.77. The van der Waals surface area contributed by atoms with Crippen molar-refractivity contribution in [1.82, 2.24) is 25.9 Å². The van der Waals surface area contributed by atoms with Gasteiger partial charge in [-0.25, -0.2) is 9.98 Å². The molecule has 2 aromatic carbocycles. The van der Waals surface area contributed by atoms with Crippen LogP contribution in [-0.4, -0.2) is 68.2 Å². The number of carbonyl (C=O) groups excluding carboxylic acids is 1. The Labute approximate surface area is 296 Å². The van der Waals surface area contributed by atoms with Crippen molar-refractivity contribution in [2.24, 2.45) is 15.9 Å². The van der Waals surface area contributed by atoms with E-state index in [4.69, 9.17) is 37.7 Å². The largest absolute Gasteiger partial charge is 0.480 e. The molecule has 1 amide bonds. The minimum absolute atomic E-state index is 0.0703. The van der Waals surface area contributed by atoms with Crippen LogP contribution in [0.2, 0.25) is 10.0 Å². The van der Waals surface area contributed by atoms with Crippen LogP contribution in [0.3, 0.4) is 0 Å². The Balaban J connectivity index is 1.30. The fourth-order valence-corrected chi connectivity index (χ4v) is 6.75. The van der Waals surface area contributed by atoms with Gasteiger partial charge in [0.15, 0.2) is 0 Å². The van der Waals surface area contributed by atoms with Crippen molar-refractivity contribution in [2.75, 3.05) is 27.3 Å². The van der Waals surface area contributed by atoms with Crippen LogP contribution in [-0.2, 0) is 22.5 Å². The number of benzene rings is 2. The summed E-state index contributed by atoms with van der Waals surface area (Å²) >= 11 is 14.0. The van der Waals surface area contributed by atoms with Gasteiger partial charge < -0.3 is 25.4 Å². The molecule has 1 aliphatic carbocycles. The molecule has 5 rings (SSSR count). The molecule has 1 saturated heterocycles. The van der Waals surface area contributed by atoms with Gasteiger partial charge in [-0.2, -0.15) is 5.26 Å². The zero-order valence-electron chi connectivity index (χ0n) is 27.6. The Morgan fingerprint density at radius 2 is 1.92 bits per heavy atom. The second kappa shape index (κ2) is 17.4. The lowest BCUT2D eigenvalue weighted by Crippen LogP contribution is -2.36. The number of amides is 1. The van der Waals surface area contributed by atoms with Gasteiger partial charge in [0.05, 0.1) is 42.2 Å². The first kappa shape index (κ1) is 36.0. The van der Waals surface area contributed by atoms with Crippen LogP contribution >= 0.6 is 23.2 Å². The standard InChI is InChI=1S/C36H40Cl2N8O3/c1-40-35(48-2)30(19-41-18-25-12-13-32(47)45-25)42-15-14-23-6-4-7-26(33(23)37)27-8-5-9-28(34(27)38)29-20-44-31(36(46-29)49-3)21-43-24-11-10-22(16-24)17-39/h4-9,15,20,22,24-25,41,43H,1,10-14,16,18-19,21H2,2-3H3,(H,45,47)/b35-30+,42-15?/t22-,24+,25+/m1/s1. The van der Waals surface area contributed by atoms with E-state index in [0.717, 1.165) is 42.4 Å². The Bertz CT molecular complexity index is 1770. The first-order valence-electron chi connectivity index (χ1n) is 16.2. The molecule has 2 heterocycles. The third-order valence-electron chi connectivity index (χ3n) is 8.73. The topological polar surface area (TPSA) is 146 Å². The van der Waals surface area contributed by atoms with E-state index in [-0.39, 0.29) is 23.9 Å². The highest BCUT2D eigenvalue weighted by molar-refractivity contribution is 6.38. The van der Waals surface area contributed by atoms with Crippen LogP contribution in [0.1, 0.15) is 43.4 Å². The highest BCUT2D eigenvalue weighted by Gasteiger charge is 2.25. The third-order valence-corrected chi connectivity index (χ3v) is 9.59. The van der Waals surface area contributed by atoms with Gasteiger partial charge in [0.2, 0.25) is 17.7 Å². The summed E-state index contributed by atoms with van der Waals surface area (Å²) in [6, 6.07) is 14.2. The van der Waals surface area contributed by atoms with E-state index in [1.54, 1.807) is 19.5 Å². The Kier molecular flexibility index (Phi) is 12.7. The SMILES string of the molecule is C=N/C(OC)=C(/CNC[C@@H]1CCC(=O)N1)N=CCc1cccc(-c2cccc(-c3cnc(CN[C@H]4CC[C@@H](C#N)C4)c(OC)n3)c2Cl)c1Cl. The number of methoxy groups -OCH3 is 2. The Morgan fingerprint density at radius 3 is 2.61 bits per heavy atom. The molecule has 3 aromatic rings. The highest BCUT2D eigenvalue weighted by atomic mass is 35.5. The van der Waals surface area contributed by atoms with Crippen LogP contribution in [0.25, 0.3) is 22.4 Å². The second-order valence-corrected chi connectivity index (χ2v) is 12.7. The molecule has 2 fully saturated rings. The normalized spacial score (nSPS) is 19.4. The van der Waals surface area contributed by atoms with Gasteiger partial charge in [-0.1, -0.05) is 59.6 Å². The summed E-state index contributed by atoms with van der Waals surface area (Å²) in [6.07, 6.45) is 7.95. The molecule has 0 bridgehead atoms. The van der Waals surface area contributed by atoms with Crippen LogP contribution in [0.5, 0.6) is 5.88 Å². The molecule has 1 saturated carbocycles. The van der Waals surface area contributed by atoms with Crippen LogP contribution in [0.15, 0.2) is 64.2 Å². The molecule has 0 radical (unpaired) electrons. The molecule has 3 atom stereocenters. The summed E-state index contributed by atoms with van der Waals surface area (Å²) in [5.41, 5.74) is 4.92. The number of rotatable bonds is 15. The number of nitrogens with zero attached hydrogens (tertiary/aromatic N) is 5. The van der Waals surface area contributed by atoms with Gasteiger partial charge in [0.1, 0.15) is 11.4 Å². The predicted molar refractivity (Wildman–Crippen MR) is 193 cm³/mol. The Hall–Kier alpha value is -4.34. The van der Waals surface area contributed by atoms with Crippen molar-refractivity contribution >= 4 is 42.0 Å². The van der Waals surface area contributed by atoms with E-state index >= 15 is 0 Å². The van der Waals surface area contributed by atoms with E-state index in [9.17, 15) is 10.1 Å². The summed E-state index contributed by atoms with van der Waals surface area (Å²) in [6.45, 7) is 5.08. The van der Waals surface area contributed by atoms with Crippen molar-refractivity contribution < 1.29 is 14.3 Å². The van der Waals surface area contributed by atoms with Gasteiger partial charge in [-0.05, 0) is 38.0 Å². The molecular formula is C36H40Cl2N8O3. The third kappa shape index (κ3) is 9.02. The van der Waals surface area contributed by atoms with Gasteiger partial charge in [-0.15, -0.1) is 0 Å². The van der Waals surface area contributed by atoms with Gasteiger partial charge in [0, 0.05) is 73.4 Å². The maximum atomic E-state index is 11.5. The zero-order valence-corrected chi connectivity index (χ0v) is 29.2. The molecule has 1 aliphatic heterocycles. The highest BCUT2D eigenvalue weighted by Crippen LogP contribution is 2.40. The first-order chi connectivity index (χ1) is 23.8. The summed E-state index contributed by atoms with van der Waals surface area (Å²) in [5.74, 6) is 0.901. The maximum Gasteiger partial charge on any atom is 0.237 e. The van der Waals surface area contributed by atoms with E-state index in [0.29, 0.717) is 76.9 Å². The van der Waals surface area contributed by atoms with E-state index < -0.39 is 0 Å². The number of halogens is 2. The number of aliphatic imine (C=N–C) groups is 2. The predicted octanol–water partition coefficient (Wildman–Crippen LogP) is 5.91. The van der Waals surface area contributed by atoms with E-state index in [1.807, 2.05) is 36.4 Å². The Morgan fingerprint density at radius 1 is 1.14 bits per heavy atom. The monoisotopic (exact) mass is 702 g/mol. The fourth-order valence-electron chi connectivity index (χ4n) is 6.12. The van der Waals surface area contributed by atoms with Crippen LogP contribution < -0.4 is 20.7 Å². The number of hydrogen-bond donors (Lipinski definition) is 3. The minimum atomic E-state index is 0.0703. The van der Waals surface area contributed by atoms with E-state index in [2.05, 4.69) is 43.7 Å².